The molecule has 1 unspecified atom stereocenters. The number of aliphatic hydroxyl groups excluding tert-OH is 1. The third-order valence-corrected chi connectivity index (χ3v) is 2.13. The summed E-state index contributed by atoms with van der Waals surface area (Å²) in [6, 6.07) is -0.198. The van der Waals surface area contributed by atoms with Gasteiger partial charge in [0.25, 0.3) is 0 Å². The number of nitrogens with one attached hydrogen (secondary N) is 1. The first kappa shape index (κ1) is 13.4. The van der Waals surface area contributed by atoms with Crippen molar-refractivity contribution in [2.75, 3.05) is 27.2 Å². The average Bonchev–Trinajstić information content (AvgIpc) is 2.13. The molecule has 0 aliphatic rings. The van der Waals surface area contributed by atoms with Crippen LogP contribution in [-0.4, -0.2) is 49.2 Å². The van der Waals surface area contributed by atoms with Gasteiger partial charge >= 0.3 is 0 Å². The van der Waals surface area contributed by atoms with E-state index in [4.69, 9.17) is 5.11 Å². The average molecular weight is 202 g/mol. The van der Waals surface area contributed by atoms with Crippen molar-refractivity contribution in [3.8, 4) is 0 Å². The van der Waals surface area contributed by atoms with Gasteiger partial charge in [-0.05, 0) is 6.92 Å². The Morgan fingerprint density at radius 2 is 2.00 bits per heavy atom. The van der Waals surface area contributed by atoms with Gasteiger partial charge in [0.1, 0.15) is 0 Å². The lowest BCUT2D eigenvalue weighted by molar-refractivity contribution is -0.130. The highest BCUT2D eigenvalue weighted by atomic mass is 16.3. The summed E-state index contributed by atoms with van der Waals surface area (Å²) < 4.78 is 0. The molecular weight excluding hydrogens is 180 g/mol. The summed E-state index contributed by atoms with van der Waals surface area (Å²) in [7, 11) is 3.47. The maximum absolute atomic E-state index is 11.4. The lowest BCUT2D eigenvalue weighted by atomic mass is 9.94. The summed E-state index contributed by atoms with van der Waals surface area (Å²) in [5, 5.41) is 12.1. The minimum atomic E-state index is -0.198. The molecule has 0 rings (SSSR count). The minimum Gasteiger partial charge on any atom is -0.396 e. The number of rotatable bonds is 5. The van der Waals surface area contributed by atoms with Crippen molar-refractivity contribution in [2.45, 2.75) is 26.8 Å². The molecule has 1 atom stereocenters. The van der Waals surface area contributed by atoms with Crippen molar-refractivity contribution < 1.29 is 9.90 Å². The molecule has 0 aliphatic carbocycles. The van der Waals surface area contributed by atoms with Gasteiger partial charge in [-0.25, -0.2) is 0 Å². The number of aliphatic hydroxyl groups is 1. The van der Waals surface area contributed by atoms with E-state index in [1.807, 2.05) is 20.8 Å². The van der Waals surface area contributed by atoms with Gasteiger partial charge in [0.05, 0.1) is 6.04 Å². The van der Waals surface area contributed by atoms with Gasteiger partial charge in [0.2, 0.25) is 5.91 Å². The largest absolute Gasteiger partial charge is 0.396 e. The van der Waals surface area contributed by atoms with Gasteiger partial charge in [-0.3, -0.25) is 4.79 Å². The monoisotopic (exact) mass is 202 g/mol. The molecule has 0 fully saturated rings. The second-order valence-corrected chi connectivity index (χ2v) is 4.66. The van der Waals surface area contributed by atoms with E-state index < -0.39 is 0 Å². The van der Waals surface area contributed by atoms with Crippen molar-refractivity contribution >= 4 is 5.91 Å². The van der Waals surface area contributed by atoms with E-state index in [-0.39, 0.29) is 24.0 Å². The molecule has 1 amide bonds. The lowest BCUT2D eigenvalue weighted by Gasteiger charge is -2.25. The summed E-state index contributed by atoms with van der Waals surface area (Å²) in [6.45, 7) is 6.47. The van der Waals surface area contributed by atoms with Crippen molar-refractivity contribution in [1.82, 2.24) is 10.2 Å². The molecule has 0 heterocycles. The Morgan fingerprint density at radius 1 is 1.50 bits per heavy atom. The molecule has 0 saturated heterocycles. The van der Waals surface area contributed by atoms with Gasteiger partial charge in [-0.1, -0.05) is 13.8 Å². The summed E-state index contributed by atoms with van der Waals surface area (Å²) in [6.07, 6.45) is 0. The predicted molar refractivity (Wildman–Crippen MR) is 57.0 cm³/mol. The Morgan fingerprint density at radius 3 is 2.36 bits per heavy atom. The Labute approximate surface area is 86.3 Å². The normalized spacial score (nSPS) is 13.9. The van der Waals surface area contributed by atoms with Gasteiger partial charge in [-0.15, -0.1) is 0 Å². The van der Waals surface area contributed by atoms with Crippen LogP contribution in [0.1, 0.15) is 20.8 Å². The molecule has 14 heavy (non-hydrogen) atoms. The van der Waals surface area contributed by atoms with Crippen LogP contribution in [0.3, 0.4) is 0 Å². The fourth-order valence-corrected chi connectivity index (χ4v) is 0.960. The van der Waals surface area contributed by atoms with Crippen LogP contribution in [0.15, 0.2) is 0 Å². The molecular formula is C10H22N2O2. The van der Waals surface area contributed by atoms with Crippen LogP contribution in [0, 0.1) is 5.41 Å². The third kappa shape index (κ3) is 4.58. The van der Waals surface area contributed by atoms with Crippen molar-refractivity contribution in [1.29, 1.82) is 0 Å². The Hall–Kier alpha value is -0.610. The van der Waals surface area contributed by atoms with Crippen molar-refractivity contribution in [2.24, 2.45) is 5.41 Å². The first-order valence-corrected chi connectivity index (χ1v) is 4.85. The van der Waals surface area contributed by atoms with E-state index in [1.54, 1.807) is 19.0 Å². The van der Waals surface area contributed by atoms with E-state index >= 15 is 0 Å². The molecule has 0 aromatic rings. The Balaban J connectivity index is 3.97. The maximum Gasteiger partial charge on any atom is 0.238 e. The zero-order valence-electron chi connectivity index (χ0n) is 9.79. The van der Waals surface area contributed by atoms with E-state index in [0.29, 0.717) is 6.54 Å². The van der Waals surface area contributed by atoms with Crippen LogP contribution in [0.4, 0.5) is 0 Å². The Kier molecular flexibility index (Phi) is 5.08. The van der Waals surface area contributed by atoms with E-state index in [9.17, 15) is 4.79 Å². The molecule has 4 heteroatoms. The Bertz CT molecular complexity index is 191. The first-order chi connectivity index (χ1) is 6.30. The number of amides is 1. The van der Waals surface area contributed by atoms with E-state index in [1.165, 1.54) is 0 Å². The summed E-state index contributed by atoms with van der Waals surface area (Å²) in [5.41, 5.74) is -0.180. The highest BCUT2D eigenvalue weighted by Crippen LogP contribution is 2.11. The van der Waals surface area contributed by atoms with E-state index in [0.717, 1.165) is 0 Å². The number of hydrogen-bond acceptors (Lipinski definition) is 3. The molecule has 0 saturated carbocycles. The van der Waals surface area contributed by atoms with E-state index in [2.05, 4.69) is 5.32 Å². The molecule has 0 radical (unpaired) electrons. The quantitative estimate of drug-likeness (QED) is 0.663. The minimum absolute atomic E-state index is 0.0544. The number of hydrogen-bond donors (Lipinski definition) is 2. The molecule has 0 bridgehead atoms. The van der Waals surface area contributed by atoms with Gasteiger partial charge < -0.3 is 15.3 Å². The highest BCUT2D eigenvalue weighted by molar-refractivity contribution is 5.80. The maximum atomic E-state index is 11.4. The van der Waals surface area contributed by atoms with Crippen LogP contribution in [0.5, 0.6) is 0 Å². The number of nitrogens with zero attached hydrogens (tertiary/aromatic N) is 1. The number of carbonyl (C=O) groups is 1. The number of likely N-dealkylation sites (N-methyl/N-ethyl adjacent to an activating group) is 1. The molecule has 0 aromatic carbocycles. The third-order valence-electron chi connectivity index (χ3n) is 2.13. The predicted octanol–water partition coefficient (Wildman–Crippen LogP) is 0.0712. The summed E-state index contributed by atoms with van der Waals surface area (Å²) in [5.74, 6) is 0.0544. The second kappa shape index (κ2) is 5.32. The molecule has 4 nitrogen and oxygen atoms in total. The lowest BCUT2D eigenvalue weighted by Crippen LogP contribution is -2.45. The van der Waals surface area contributed by atoms with Crippen LogP contribution in [0.25, 0.3) is 0 Å². The van der Waals surface area contributed by atoms with Crippen LogP contribution in [0.2, 0.25) is 0 Å². The highest BCUT2D eigenvalue weighted by Gasteiger charge is 2.20. The molecule has 84 valence electrons. The van der Waals surface area contributed by atoms with Crippen LogP contribution < -0.4 is 5.32 Å². The topological polar surface area (TPSA) is 52.6 Å². The summed E-state index contributed by atoms with van der Waals surface area (Å²) in [4.78, 5) is 13.0. The molecule has 2 N–H and O–H groups in total. The zero-order chi connectivity index (χ0) is 11.4. The first-order valence-electron chi connectivity index (χ1n) is 4.85. The smallest absolute Gasteiger partial charge is 0.238 e. The van der Waals surface area contributed by atoms with Crippen LogP contribution in [-0.2, 0) is 4.79 Å². The van der Waals surface area contributed by atoms with Gasteiger partial charge in [0, 0.05) is 32.7 Å². The number of carbonyl (C=O) groups excluding carboxylic acids is 1. The molecule has 0 aliphatic heterocycles. The zero-order valence-corrected chi connectivity index (χ0v) is 9.79. The summed E-state index contributed by atoms with van der Waals surface area (Å²) >= 11 is 0. The van der Waals surface area contributed by atoms with Crippen LogP contribution >= 0.6 is 0 Å². The van der Waals surface area contributed by atoms with Crippen molar-refractivity contribution in [3.05, 3.63) is 0 Å². The molecule has 0 spiro atoms. The standard InChI is InChI=1S/C10H22N2O2/c1-8(9(14)12(4)5)11-6-10(2,3)7-13/h8,11,13H,6-7H2,1-5H3. The fraction of sp³-hybridized carbons (Fsp3) is 0.900. The van der Waals surface area contributed by atoms with Crippen molar-refractivity contribution in [3.63, 3.8) is 0 Å². The van der Waals surface area contributed by atoms with Gasteiger partial charge in [0.15, 0.2) is 0 Å². The second-order valence-electron chi connectivity index (χ2n) is 4.66. The fourth-order valence-electron chi connectivity index (χ4n) is 0.960. The molecule has 0 aromatic heterocycles. The SMILES string of the molecule is CC(NCC(C)(C)CO)C(=O)N(C)C. The van der Waals surface area contributed by atoms with Gasteiger partial charge in [-0.2, -0.15) is 0 Å².